The molecular weight excluding hydrogens is 1740 g/mol. The fraction of sp³-hybridized carbons (Fsp3) is 0. The molecule has 0 radical (unpaired) electrons. The van der Waals surface area contributed by atoms with Crippen LogP contribution in [-0.4, -0.2) is 34.5 Å². The second-order valence-electron chi connectivity index (χ2n) is 33.5. The van der Waals surface area contributed by atoms with Crippen LogP contribution in [0.1, 0.15) is 22.8 Å². The summed E-state index contributed by atoms with van der Waals surface area (Å²) in [6.45, 7) is 14.5. The summed E-state index contributed by atoms with van der Waals surface area (Å²) in [4.78, 5) is 38.1. The van der Waals surface area contributed by atoms with Crippen molar-refractivity contribution in [3.05, 3.63) is 519 Å². The van der Waals surface area contributed by atoms with Gasteiger partial charge in [0.25, 0.3) is 0 Å². The van der Waals surface area contributed by atoms with Crippen molar-refractivity contribution in [2.24, 2.45) is 0 Å². The smallest absolute Gasteiger partial charge is 0.307 e. The first-order valence-corrected chi connectivity index (χ1v) is 46.0. The second kappa shape index (κ2) is 39.9. The molecule has 19 aromatic carbocycles. The molecule has 0 aliphatic carbocycles. The van der Waals surface area contributed by atoms with Crippen molar-refractivity contribution < 1.29 is 0 Å². The molecule has 0 unspecified atom stereocenters. The highest BCUT2D eigenvalue weighted by molar-refractivity contribution is 6.19. The lowest BCUT2D eigenvalue weighted by Crippen LogP contribution is -2.10. The van der Waals surface area contributed by atoms with Crippen LogP contribution in [0.5, 0.6) is 0 Å². The third-order valence-electron chi connectivity index (χ3n) is 25.1. The van der Waals surface area contributed by atoms with E-state index in [0.717, 1.165) is 62.3 Å². The van der Waals surface area contributed by atoms with E-state index in [4.69, 9.17) is 13.1 Å². The quantitative estimate of drug-likeness (QED) is 0.0582. The summed E-state index contributed by atoms with van der Waals surface area (Å²) in [5.74, 6) is -0.605. The van der Waals surface area contributed by atoms with Gasteiger partial charge in [0.2, 0.25) is 11.0 Å². The van der Waals surface area contributed by atoms with Crippen molar-refractivity contribution in [2.45, 2.75) is 0 Å². The Kier molecular flexibility index (Phi) is 24.7. The molecule has 4 aromatic heterocycles. The number of hydrogen-bond acceptors (Lipinski definition) is 13. The molecular formula is C126H78N16. The third kappa shape index (κ3) is 17.9. The van der Waals surface area contributed by atoms with Crippen LogP contribution >= 0.6 is 0 Å². The van der Waals surface area contributed by atoms with Crippen molar-refractivity contribution in [1.82, 2.24) is 34.5 Å². The topological polar surface area (TPSA) is 196 Å². The molecule has 0 atom stereocenters. The maximum atomic E-state index is 9.30. The molecule has 0 saturated carbocycles. The molecule has 662 valence electrons. The number of fused-ring (bicyclic) bond motifs is 9. The Labute approximate surface area is 820 Å². The van der Waals surface area contributed by atoms with E-state index in [9.17, 15) is 21.0 Å². The van der Waals surface area contributed by atoms with E-state index < -0.39 is 0 Å². The molecule has 0 fully saturated rings. The summed E-state index contributed by atoms with van der Waals surface area (Å²) >= 11 is 0. The lowest BCUT2D eigenvalue weighted by molar-refractivity contribution is 1.18. The zero-order chi connectivity index (χ0) is 96.2. The van der Waals surface area contributed by atoms with Crippen molar-refractivity contribution >= 4 is 118 Å². The van der Waals surface area contributed by atoms with Crippen molar-refractivity contribution in [3.8, 4) is 119 Å². The Morgan fingerprint density at radius 3 is 0.655 bits per heavy atom. The number of rotatable bonds is 18. The van der Waals surface area contributed by atoms with Crippen LogP contribution in [0.15, 0.2) is 473 Å². The Hall–Kier alpha value is -20.7. The SMILES string of the molecule is [C-]#[N+]c1nc2c(nc1C#N)c1nc(C#N)c(C#N)nc1c1nc(C#N)c([N+]#[C-])nc12.c1ccc(-c2ccc(-c3ccc(N(c4ccccc4)c4ccc(-c5ccc(N(c6ccc(-c7ccccc7)cc6)c6ccc(-c7ccccc7)cc6)cc5)cc4)cc3)cc2)cc1.c1ccc(-c2ccc(N(c3ccc(-c4ccccc4)cc3)c3ccc(-c4ccc5c(c4)c4ccccc4n5-c4ccccc4)cc3)cc2)cc1. The van der Waals surface area contributed by atoms with Crippen LogP contribution in [0.25, 0.3) is 159 Å². The van der Waals surface area contributed by atoms with E-state index >= 15 is 0 Å². The molecule has 23 rings (SSSR count). The van der Waals surface area contributed by atoms with Gasteiger partial charge in [-0.05, 0) is 229 Å². The summed E-state index contributed by atoms with van der Waals surface area (Å²) in [5.41, 5.74) is 31.5. The summed E-state index contributed by atoms with van der Waals surface area (Å²) in [5, 5.41) is 39.7. The van der Waals surface area contributed by atoms with Gasteiger partial charge >= 0.3 is 11.6 Å². The number of hydrogen-bond donors (Lipinski definition) is 0. The average Bonchev–Trinajstić information content (AvgIpc) is 1.47. The number of benzene rings is 19. The van der Waals surface area contributed by atoms with Gasteiger partial charge in [-0.25, -0.2) is 19.9 Å². The summed E-state index contributed by atoms with van der Waals surface area (Å²) < 4.78 is 2.36. The van der Waals surface area contributed by atoms with Gasteiger partial charge in [0.15, 0.2) is 22.8 Å². The molecule has 0 spiro atoms. The molecule has 0 N–H and O–H groups in total. The number of anilines is 9. The van der Waals surface area contributed by atoms with E-state index in [1.807, 2.05) is 0 Å². The minimum atomic E-state index is -0.303. The zero-order valence-corrected chi connectivity index (χ0v) is 76.2. The summed E-state index contributed by atoms with van der Waals surface area (Å²) in [6, 6.07) is 176. The van der Waals surface area contributed by atoms with Crippen LogP contribution in [0.4, 0.5) is 62.8 Å². The van der Waals surface area contributed by atoms with E-state index in [1.165, 1.54) is 105 Å². The van der Waals surface area contributed by atoms with E-state index in [-0.39, 0.29) is 67.5 Å². The molecule has 16 heteroatoms. The molecule has 16 nitrogen and oxygen atoms in total. The van der Waals surface area contributed by atoms with E-state index in [0.29, 0.717) is 0 Å². The summed E-state index contributed by atoms with van der Waals surface area (Å²) in [7, 11) is 0. The predicted octanol–water partition coefficient (Wildman–Crippen LogP) is 32.3. The Bertz CT molecular complexity index is 8330. The van der Waals surface area contributed by atoms with E-state index in [1.54, 1.807) is 24.3 Å². The first kappa shape index (κ1) is 88.0. The van der Waals surface area contributed by atoms with Gasteiger partial charge < -0.3 is 29.0 Å². The maximum Gasteiger partial charge on any atom is 0.307 e. The normalized spacial score (nSPS) is 10.8. The van der Waals surface area contributed by atoms with Gasteiger partial charge in [0.05, 0.1) is 11.0 Å². The van der Waals surface area contributed by atoms with Crippen LogP contribution in [-0.2, 0) is 0 Å². The third-order valence-corrected chi connectivity index (χ3v) is 25.1. The molecule has 4 heterocycles. The lowest BCUT2D eigenvalue weighted by atomic mass is 10.00. The van der Waals surface area contributed by atoms with Crippen molar-refractivity contribution in [1.29, 1.82) is 21.0 Å². The van der Waals surface area contributed by atoms with Gasteiger partial charge in [0.1, 0.15) is 46.3 Å². The minimum Gasteiger partial charge on any atom is -0.358 e. The number of para-hydroxylation sites is 3. The molecule has 0 aliphatic rings. The molecule has 142 heavy (non-hydrogen) atoms. The number of nitrogens with zero attached hydrogens (tertiary/aromatic N) is 16. The first-order chi connectivity index (χ1) is 70.1. The molecule has 0 amide bonds. The average molecular weight is 1820 g/mol. The second-order valence-corrected chi connectivity index (χ2v) is 33.5. The highest BCUT2D eigenvalue weighted by Gasteiger charge is 2.28. The van der Waals surface area contributed by atoms with Crippen LogP contribution < -0.4 is 14.7 Å². The van der Waals surface area contributed by atoms with Crippen molar-refractivity contribution in [2.75, 3.05) is 14.7 Å². The number of nitriles is 4. The largest absolute Gasteiger partial charge is 0.358 e. The molecule has 23 aromatic rings. The fourth-order valence-corrected chi connectivity index (χ4v) is 18.1. The van der Waals surface area contributed by atoms with Gasteiger partial charge in [-0.2, -0.15) is 21.0 Å². The fourth-order valence-electron chi connectivity index (χ4n) is 18.1. The van der Waals surface area contributed by atoms with E-state index in [2.05, 4.69) is 532 Å². The highest BCUT2D eigenvalue weighted by atomic mass is 15.2. The van der Waals surface area contributed by atoms with Gasteiger partial charge in [-0.15, -0.1) is 9.97 Å². The molecule has 0 bridgehead atoms. The van der Waals surface area contributed by atoms with Gasteiger partial charge in [-0.3, -0.25) is 0 Å². The van der Waals surface area contributed by atoms with Crippen molar-refractivity contribution in [3.63, 3.8) is 0 Å². The van der Waals surface area contributed by atoms with Crippen LogP contribution in [0, 0.1) is 58.5 Å². The van der Waals surface area contributed by atoms with Crippen LogP contribution in [0.2, 0.25) is 0 Å². The zero-order valence-electron chi connectivity index (χ0n) is 76.2. The molecule has 0 aliphatic heterocycles. The maximum absolute atomic E-state index is 9.30. The van der Waals surface area contributed by atoms with Gasteiger partial charge in [0, 0.05) is 67.6 Å². The Morgan fingerprint density at radius 2 is 0.387 bits per heavy atom. The minimum absolute atomic E-state index is 0.00714. The van der Waals surface area contributed by atoms with Crippen LogP contribution in [0.3, 0.4) is 0 Å². The lowest BCUT2D eigenvalue weighted by Gasteiger charge is -2.26. The Morgan fingerprint density at radius 1 is 0.190 bits per heavy atom. The predicted molar refractivity (Wildman–Crippen MR) is 572 cm³/mol. The molecule has 0 saturated heterocycles. The Balaban J connectivity index is 0.000000133. The highest BCUT2D eigenvalue weighted by Crippen LogP contribution is 2.45. The standard InChI is InChI=1S/C60H44N2.C48H34N2.C18N12/c1-5-13-45(14-6-1)48-21-23-49(24-22-48)52-29-39-56(40-30-52)61(55-19-11-4-12-20-55)57-41-31-53(32-42-57)54-33-43-60(44-34-54)62(58-35-25-50(26-36-58)46-15-7-2-8-16-46)59-37-27-51(28-38-59)47-17-9-3-10-18-47;1-4-12-35(13-5-1)37-20-27-42(28-21-37)49(43-29-22-38(23-30-43)36-14-6-2-7-15-36)44-31-24-39(25-32-44)40-26-33-48-46(34-40)45-18-10-11-19-47(45)50(48)41-16-8-3-9-17-41;1-23-17-9(5-21)27-13-11-12(26-8(4-20)7(3-19)25-11)14-16(15(13)29-17)30-18(24-2)10(6-22)28-14/h1-44H;1-34H;. The first-order valence-electron chi connectivity index (χ1n) is 46.0. The van der Waals surface area contributed by atoms with Gasteiger partial charge in [-0.1, -0.05) is 347 Å². The number of aromatic nitrogens is 7. The summed E-state index contributed by atoms with van der Waals surface area (Å²) in [6.07, 6.45) is 0. The monoisotopic (exact) mass is 1810 g/mol.